The summed E-state index contributed by atoms with van der Waals surface area (Å²) in [6, 6.07) is 8.54. The summed E-state index contributed by atoms with van der Waals surface area (Å²) in [5.41, 5.74) is 8.46. The van der Waals surface area contributed by atoms with Crippen molar-refractivity contribution in [1.29, 1.82) is 0 Å². The zero-order valence-corrected chi connectivity index (χ0v) is 13.7. The first-order chi connectivity index (χ1) is 9.66. The van der Waals surface area contributed by atoms with Gasteiger partial charge < -0.3 is 10.3 Å². The van der Waals surface area contributed by atoms with E-state index in [1.54, 1.807) is 11.8 Å². The highest BCUT2D eigenvalue weighted by atomic mass is 35.5. The van der Waals surface area contributed by atoms with Gasteiger partial charge in [0.1, 0.15) is 0 Å². The topological polar surface area (TPSA) is 64.9 Å². The van der Waals surface area contributed by atoms with Gasteiger partial charge in [-0.15, -0.1) is 24.2 Å². The average molecular weight is 326 g/mol. The number of nitrogens with zero attached hydrogens (tertiary/aromatic N) is 2. The second-order valence-electron chi connectivity index (χ2n) is 5.50. The maximum absolute atomic E-state index is 6.18. The maximum atomic E-state index is 6.18. The fourth-order valence-corrected chi connectivity index (χ4v) is 3.16. The van der Waals surface area contributed by atoms with Crippen LogP contribution >= 0.6 is 24.2 Å². The molecule has 6 heteroatoms. The van der Waals surface area contributed by atoms with Crippen LogP contribution in [0.3, 0.4) is 0 Å². The van der Waals surface area contributed by atoms with E-state index in [2.05, 4.69) is 41.3 Å². The number of aryl methyl sites for hydroxylation is 1. The predicted molar refractivity (Wildman–Crippen MR) is 87.4 cm³/mol. The molecule has 4 nitrogen and oxygen atoms in total. The summed E-state index contributed by atoms with van der Waals surface area (Å²) in [7, 11) is 0. The van der Waals surface area contributed by atoms with Crippen LogP contribution in [0.1, 0.15) is 42.1 Å². The normalized spacial score (nSPS) is 16.1. The van der Waals surface area contributed by atoms with Crippen molar-refractivity contribution >= 4 is 24.2 Å². The molecule has 0 saturated heterocycles. The number of benzene rings is 1. The molecule has 2 N–H and O–H groups in total. The number of nitrogens with two attached hydrogens (primary N) is 1. The van der Waals surface area contributed by atoms with Crippen LogP contribution in [0.5, 0.6) is 0 Å². The van der Waals surface area contributed by atoms with Crippen molar-refractivity contribution in [3.05, 3.63) is 47.1 Å². The van der Waals surface area contributed by atoms with E-state index in [9.17, 15) is 0 Å². The summed E-state index contributed by atoms with van der Waals surface area (Å²) in [6.45, 7) is 2.11. The molecule has 0 aliphatic heterocycles. The molecule has 0 spiro atoms. The second-order valence-corrected chi connectivity index (χ2v) is 6.49. The van der Waals surface area contributed by atoms with Gasteiger partial charge >= 0.3 is 0 Å². The zero-order valence-electron chi connectivity index (χ0n) is 12.0. The Morgan fingerprint density at radius 2 is 2.14 bits per heavy atom. The Balaban J connectivity index is 0.00000161. The monoisotopic (exact) mass is 325 g/mol. The molecule has 0 radical (unpaired) electrons. The third-order valence-electron chi connectivity index (χ3n) is 3.74. The molecule has 2 aromatic rings. The average Bonchev–Trinajstić information content (AvgIpc) is 2.85. The van der Waals surface area contributed by atoms with Crippen LogP contribution in [0.4, 0.5) is 0 Å². The van der Waals surface area contributed by atoms with Crippen molar-refractivity contribution in [3.63, 3.8) is 0 Å². The molecule has 1 fully saturated rings. The fourth-order valence-electron chi connectivity index (χ4n) is 2.36. The first-order valence-corrected chi connectivity index (χ1v) is 8.06. The van der Waals surface area contributed by atoms with E-state index in [0.29, 0.717) is 11.7 Å². The minimum absolute atomic E-state index is 0. The van der Waals surface area contributed by atoms with E-state index in [1.165, 1.54) is 11.1 Å². The highest BCUT2D eigenvalue weighted by Gasteiger charge is 2.38. The number of thioether (sulfide) groups is 1. The number of hydrogen-bond donors (Lipinski definition) is 1. The van der Waals surface area contributed by atoms with Gasteiger partial charge in [0.2, 0.25) is 5.89 Å². The smallest absolute Gasteiger partial charge is 0.236 e. The molecule has 1 heterocycles. The zero-order chi connectivity index (χ0) is 14.0. The van der Waals surface area contributed by atoms with Crippen LogP contribution < -0.4 is 5.73 Å². The number of halogens is 1. The Labute approximate surface area is 135 Å². The molecule has 114 valence electrons. The molecule has 1 aromatic heterocycles. The van der Waals surface area contributed by atoms with Crippen LogP contribution in [0.15, 0.2) is 28.8 Å². The van der Waals surface area contributed by atoms with Gasteiger partial charge in [0.15, 0.2) is 5.82 Å². The summed E-state index contributed by atoms with van der Waals surface area (Å²) in [5.74, 6) is 3.04. The Bertz CT molecular complexity index is 598. The standard InChI is InChI=1S/C15H19N3OS.ClH/c1-11-4-2-5-12(8-11)9-20-10-13-17-14(18-19-13)15(16)6-3-7-15;/h2,4-5,8H,3,6-7,9-10,16H2,1H3;1H. The van der Waals surface area contributed by atoms with Gasteiger partial charge in [0, 0.05) is 5.75 Å². The van der Waals surface area contributed by atoms with Gasteiger partial charge in [0.25, 0.3) is 0 Å². The summed E-state index contributed by atoms with van der Waals surface area (Å²) >= 11 is 1.78. The Morgan fingerprint density at radius 3 is 2.81 bits per heavy atom. The van der Waals surface area contributed by atoms with Crippen molar-refractivity contribution in [2.45, 2.75) is 43.2 Å². The lowest BCUT2D eigenvalue weighted by Gasteiger charge is -2.34. The van der Waals surface area contributed by atoms with E-state index in [4.69, 9.17) is 10.3 Å². The molecule has 0 amide bonds. The number of aromatic nitrogens is 2. The lowest BCUT2D eigenvalue weighted by molar-refractivity contribution is 0.229. The van der Waals surface area contributed by atoms with Crippen LogP contribution in [-0.2, 0) is 17.0 Å². The number of hydrogen-bond acceptors (Lipinski definition) is 5. The molecule has 1 saturated carbocycles. The van der Waals surface area contributed by atoms with Crippen molar-refractivity contribution in [1.82, 2.24) is 10.1 Å². The minimum atomic E-state index is -0.330. The molecule has 1 aromatic carbocycles. The molecule has 0 bridgehead atoms. The largest absolute Gasteiger partial charge is 0.338 e. The second kappa shape index (κ2) is 6.81. The van der Waals surface area contributed by atoms with Gasteiger partial charge in [-0.1, -0.05) is 35.0 Å². The first kappa shape index (κ1) is 16.3. The highest BCUT2D eigenvalue weighted by molar-refractivity contribution is 7.97. The van der Waals surface area contributed by atoms with Gasteiger partial charge in [-0.25, -0.2) is 0 Å². The Kier molecular flexibility index (Phi) is 5.30. The Morgan fingerprint density at radius 1 is 1.33 bits per heavy atom. The summed E-state index contributed by atoms with van der Waals surface area (Å²) in [6.07, 6.45) is 3.08. The van der Waals surface area contributed by atoms with Crippen LogP contribution in [0, 0.1) is 6.92 Å². The van der Waals surface area contributed by atoms with Gasteiger partial charge in [0.05, 0.1) is 11.3 Å². The van der Waals surface area contributed by atoms with E-state index >= 15 is 0 Å². The lowest BCUT2D eigenvalue weighted by Crippen LogP contribution is -2.44. The van der Waals surface area contributed by atoms with Crippen molar-refractivity contribution in [3.8, 4) is 0 Å². The molecule has 3 rings (SSSR count). The van der Waals surface area contributed by atoms with E-state index in [-0.39, 0.29) is 17.9 Å². The van der Waals surface area contributed by atoms with E-state index in [0.717, 1.165) is 30.8 Å². The fraction of sp³-hybridized carbons (Fsp3) is 0.467. The molecule has 0 atom stereocenters. The lowest BCUT2D eigenvalue weighted by atomic mass is 9.77. The highest BCUT2D eigenvalue weighted by Crippen LogP contribution is 2.37. The van der Waals surface area contributed by atoms with Crippen LogP contribution in [0.2, 0.25) is 0 Å². The van der Waals surface area contributed by atoms with Crippen LogP contribution in [0.25, 0.3) is 0 Å². The summed E-state index contributed by atoms with van der Waals surface area (Å²) < 4.78 is 5.29. The third kappa shape index (κ3) is 3.78. The van der Waals surface area contributed by atoms with Crippen molar-refractivity contribution in [2.75, 3.05) is 0 Å². The summed E-state index contributed by atoms with van der Waals surface area (Å²) in [4.78, 5) is 4.43. The van der Waals surface area contributed by atoms with Crippen LogP contribution in [-0.4, -0.2) is 10.1 Å². The molecule has 1 aliphatic carbocycles. The minimum Gasteiger partial charge on any atom is -0.338 e. The summed E-state index contributed by atoms with van der Waals surface area (Å²) in [5, 5.41) is 4.03. The Hall–Kier alpha value is -1.04. The van der Waals surface area contributed by atoms with Gasteiger partial charge in [-0.2, -0.15) is 4.98 Å². The maximum Gasteiger partial charge on any atom is 0.236 e. The molecule has 21 heavy (non-hydrogen) atoms. The quantitative estimate of drug-likeness (QED) is 0.910. The van der Waals surface area contributed by atoms with Gasteiger partial charge in [-0.3, -0.25) is 0 Å². The number of rotatable bonds is 5. The first-order valence-electron chi connectivity index (χ1n) is 6.91. The van der Waals surface area contributed by atoms with E-state index in [1.807, 2.05) is 0 Å². The van der Waals surface area contributed by atoms with E-state index < -0.39 is 0 Å². The van der Waals surface area contributed by atoms with Gasteiger partial charge in [-0.05, 0) is 31.7 Å². The SMILES string of the molecule is Cc1cccc(CSCc2nc(C3(N)CCC3)no2)c1.Cl. The predicted octanol–water partition coefficient (Wildman–Crippen LogP) is 3.57. The van der Waals surface area contributed by atoms with Crippen molar-refractivity contribution < 1.29 is 4.52 Å². The molecule has 1 aliphatic rings. The molecule has 0 unspecified atom stereocenters. The molecular weight excluding hydrogens is 306 g/mol. The third-order valence-corrected chi connectivity index (χ3v) is 4.72. The van der Waals surface area contributed by atoms with Crippen molar-refractivity contribution in [2.24, 2.45) is 5.73 Å². The molecular formula is C15H20ClN3OS.